The highest BCUT2D eigenvalue weighted by molar-refractivity contribution is 6.61. The molecule has 0 spiro atoms. The number of rotatable bonds is 10. The van der Waals surface area contributed by atoms with E-state index in [4.69, 9.17) is 26.6 Å². The average Bonchev–Trinajstić information content (AvgIpc) is 3.53. The molecular weight excluding hydrogens is 352 g/mol. The lowest BCUT2D eigenvalue weighted by molar-refractivity contribution is 0.122. The predicted octanol–water partition coefficient (Wildman–Crippen LogP) is 0.231. The first-order chi connectivity index (χ1) is 11.4. The number of nitrogens with zero attached hydrogens (tertiary/aromatic N) is 2. The molecule has 0 aromatic rings. The molecule has 11 heteroatoms. The van der Waals surface area contributed by atoms with Gasteiger partial charge in [-0.2, -0.15) is 0 Å². The van der Waals surface area contributed by atoms with Crippen molar-refractivity contribution < 1.29 is 31.4 Å². The van der Waals surface area contributed by atoms with Gasteiger partial charge in [-0.05, 0) is 0 Å². The van der Waals surface area contributed by atoms with E-state index in [2.05, 4.69) is 0 Å². The van der Waals surface area contributed by atoms with Gasteiger partial charge in [0.25, 0.3) is 0 Å². The molecule has 2 saturated heterocycles. The zero-order chi connectivity index (χ0) is 18.0. The lowest BCUT2D eigenvalue weighted by Gasteiger charge is -2.24. The van der Waals surface area contributed by atoms with Crippen LogP contribution < -0.4 is 0 Å². The molecule has 2 rings (SSSR count). The number of carbonyl (C=O) groups excluding carboxylic acids is 1. The zero-order valence-electron chi connectivity index (χ0n) is 15.2. The molecule has 2 aliphatic heterocycles. The third-order valence-electron chi connectivity index (χ3n) is 4.76. The monoisotopic (exact) mass is 380 g/mol. The van der Waals surface area contributed by atoms with Crippen LogP contribution in [-0.2, 0) is 26.6 Å². The maximum atomic E-state index is 12.5. The molecule has 2 aliphatic rings. The van der Waals surface area contributed by atoms with Crippen LogP contribution in [0.2, 0.25) is 12.1 Å². The largest absolute Gasteiger partial charge is 0.502 e. The Morgan fingerprint density at radius 2 is 1.04 bits per heavy atom. The molecule has 2 amide bonds. The Morgan fingerprint density at radius 3 is 1.29 bits per heavy atom. The van der Waals surface area contributed by atoms with Gasteiger partial charge >= 0.3 is 23.6 Å². The maximum Gasteiger partial charge on any atom is 0.502 e. The Balaban J connectivity index is 1.83. The first kappa shape index (κ1) is 19.8. The molecular formula is C13H28N2O7Si2. The fourth-order valence-corrected chi connectivity index (χ4v) is 6.77. The topological polar surface area (TPSA) is 78.5 Å². The summed E-state index contributed by atoms with van der Waals surface area (Å²) in [6, 6.07) is 1.46. The number of carbonyl (C=O) groups is 1. The summed E-state index contributed by atoms with van der Waals surface area (Å²) in [5, 5.41) is 0. The Bertz CT molecular complexity index is 394. The van der Waals surface area contributed by atoms with Gasteiger partial charge in [-0.1, -0.05) is 0 Å². The van der Waals surface area contributed by atoms with E-state index in [0.717, 1.165) is 0 Å². The second kappa shape index (κ2) is 7.78. The van der Waals surface area contributed by atoms with E-state index in [-0.39, 0.29) is 18.1 Å². The van der Waals surface area contributed by atoms with Crippen molar-refractivity contribution in [1.29, 1.82) is 0 Å². The Hall–Kier alpha value is -0.536. The lowest BCUT2D eigenvalue weighted by Crippen LogP contribution is -2.45. The van der Waals surface area contributed by atoms with Crippen molar-refractivity contribution in [3.8, 4) is 0 Å². The van der Waals surface area contributed by atoms with Crippen LogP contribution in [0.3, 0.4) is 0 Å². The molecule has 2 heterocycles. The molecule has 0 aromatic carbocycles. The maximum absolute atomic E-state index is 12.5. The fourth-order valence-electron chi connectivity index (χ4n) is 2.92. The molecule has 0 bridgehead atoms. The van der Waals surface area contributed by atoms with Gasteiger partial charge in [0.1, 0.15) is 0 Å². The van der Waals surface area contributed by atoms with E-state index in [0.29, 0.717) is 25.2 Å². The highest BCUT2D eigenvalue weighted by atomic mass is 28.4. The van der Waals surface area contributed by atoms with E-state index in [1.807, 2.05) is 9.80 Å². The van der Waals surface area contributed by atoms with Crippen LogP contribution in [0.5, 0.6) is 0 Å². The number of amides is 2. The smallest absolute Gasteiger partial charge is 0.377 e. The molecule has 2 fully saturated rings. The number of hydrogen-bond acceptors (Lipinski definition) is 7. The van der Waals surface area contributed by atoms with E-state index < -0.39 is 17.6 Å². The predicted molar refractivity (Wildman–Crippen MR) is 89.6 cm³/mol. The third-order valence-corrected chi connectivity index (χ3v) is 10.4. The van der Waals surface area contributed by atoms with Gasteiger partial charge in [0, 0.05) is 67.8 Å². The summed E-state index contributed by atoms with van der Waals surface area (Å²) in [5.41, 5.74) is 0. The fraction of sp³-hybridized carbons (Fsp3) is 0.923. The van der Waals surface area contributed by atoms with Crippen LogP contribution in [0.4, 0.5) is 4.79 Å². The van der Waals surface area contributed by atoms with Gasteiger partial charge in [0.2, 0.25) is 0 Å². The Morgan fingerprint density at radius 1 is 0.750 bits per heavy atom. The molecule has 0 aliphatic carbocycles. The van der Waals surface area contributed by atoms with Crippen molar-refractivity contribution >= 4 is 23.6 Å². The average molecular weight is 381 g/mol. The Kier molecular flexibility index (Phi) is 6.42. The van der Waals surface area contributed by atoms with Crippen LogP contribution in [-0.4, -0.2) is 101 Å². The summed E-state index contributed by atoms with van der Waals surface area (Å²) < 4.78 is 32.5. The molecule has 0 saturated carbocycles. The zero-order valence-corrected chi connectivity index (χ0v) is 17.2. The van der Waals surface area contributed by atoms with Crippen LogP contribution >= 0.6 is 0 Å². The minimum absolute atomic E-state index is 0.0300. The summed E-state index contributed by atoms with van der Waals surface area (Å²) in [4.78, 5) is 16.2. The highest BCUT2D eigenvalue weighted by Gasteiger charge is 2.55. The van der Waals surface area contributed by atoms with Crippen molar-refractivity contribution in [2.75, 3.05) is 55.7 Å². The molecule has 2 unspecified atom stereocenters. The van der Waals surface area contributed by atoms with E-state index in [9.17, 15) is 4.79 Å². The molecule has 2 atom stereocenters. The lowest BCUT2D eigenvalue weighted by atomic mass is 10.5. The molecule has 0 aromatic heterocycles. The summed E-state index contributed by atoms with van der Waals surface area (Å²) in [7, 11) is 4.18. The molecule has 24 heavy (non-hydrogen) atoms. The molecule has 9 nitrogen and oxygen atoms in total. The SMILES string of the molecule is CO[Si](CC1CN1C(=O)N1CC1C[Si](OC)(OC)OC)(OC)OC. The van der Waals surface area contributed by atoms with Gasteiger partial charge in [0.15, 0.2) is 0 Å². The van der Waals surface area contributed by atoms with E-state index in [1.165, 1.54) is 0 Å². The van der Waals surface area contributed by atoms with Gasteiger partial charge in [0.05, 0.1) is 12.1 Å². The van der Waals surface area contributed by atoms with Gasteiger partial charge in [-0.15, -0.1) is 0 Å². The number of urea groups is 1. The summed E-state index contributed by atoms with van der Waals surface area (Å²) in [6.45, 7) is 1.41. The van der Waals surface area contributed by atoms with Gasteiger partial charge in [-0.3, -0.25) is 0 Å². The second-order valence-electron chi connectivity index (χ2n) is 5.89. The molecule has 0 radical (unpaired) electrons. The van der Waals surface area contributed by atoms with Crippen molar-refractivity contribution in [2.45, 2.75) is 24.2 Å². The van der Waals surface area contributed by atoms with Gasteiger partial charge in [-0.25, -0.2) is 4.79 Å². The first-order valence-electron chi connectivity index (χ1n) is 7.81. The van der Waals surface area contributed by atoms with Crippen LogP contribution in [0, 0.1) is 0 Å². The van der Waals surface area contributed by atoms with Crippen molar-refractivity contribution in [3.63, 3.8) is 0 Å². The highest BCUT2D eigenvalue weighted by Crippen LogP contribution is 2.35. The van der Waals surface area contributed by atoms with Crippen molar-refractivity contribution in [3.05, 3.63) is 0 Å². The Labute approximate surface area is 145 Å². The van der Waals surface area contributed by atoms with Crippen LogP contribution in [0.1, 0.15) is 0 Å². The summed E-state index contributed by atoms with van der Waals surface area (Å²) in [5.74, 6) is 0. The summed E-state index contributed by atoms with van der Waals surface area (Å²) in [6.07, 6.45) is 0. The third kappa shape index (κ3) is 3.99. The summed E-state index contributed by atoms with van der Waals surface area (Å²) >= 11 is 0. The first-order valence-corrected chi connectivity index (χ1v) is 11.7. The van der Waals surface area contributed by atoms with Gasteiger partial charge < -0.3 is 36.4 Å². The number of hydrogen-bond donors (Lipinski definition) is 0. The second-order valence-corrected chi connectivity index (χ2v) is 11.9. The molecule has 140 valence electrons. The minimum Gasteiger partial charge on any atom is -0.377 e. The van der Waals surface area contributed by atoms with Crippen LogP contribution in [0.15, 0.2) is 0 Å². The normalized spacial score (nSPS) is 23.6. The standard InChI is InChI=1S/C13H28N2O7Si2/c1-17-23(18-2,19-3)9-11-7-14(11)13(16)15-8-12(15)10-24(20-4,21-5)22-6/h11-12H,7-10H2,1-6H3. The quantitative estimate of drug-likeness (QED) is 0.396. The molecule has 0 N–H and O–H groups in total. The van der Waals surface area contributed by atoms with Crippen molar-refractivity contribution in [2.24, 2.45) is 0 Å². The van der Waals surface area contributed by atoms with Crippen molar-refractivity contribution in [1.82, 2.24) is 9.80 Å². The van der Waals surface area contributed by atoms with Crippen LogP contribution in [0.25, 0.3) is 0 Å². The van der Waals surface area contributed by atoms with E-state index >= 15 is 0 Å². The minimum atomic E-state index is -2.66. The van der Waals surface area contributed by atoms with E-state index in [1.54, 1.807) is 42.7 Å².